The molecular formula is C14H12Br2ClN. The average Bonchev–Trinajstić information content (AvgIpc) is 2.41. The van der Waals surface area contributed by atoms with Crippen molar-refractivity contribution in [3.63, 3.8) is 0 Å². The van der Waals surface area contributed by atoms with Gasteiger partial charge >= 0.3 is 0 Å². The van der Waals surface area contributed by atoms with Gasteiger partial charge in [0.15, 0.2) is 0 Å². The van der Waals surface area contributed by atoms with Crippen LogP contribution in [-0.4, -0.2) is 4.98 Å². The summed E-state index contributed by atoms with van der Waals surface area (Å²) in [6.07, 6.45) is 3.59. The van der Waals surface area contributed by atoms with E-state index in [0.29, 0.717) is 0 Å². The molecule has 1 heterocycles. The van der Waals surface area contributed by atoms with Crippen LogP contribution in [0.15, 0.2) is 51.7 Å². The van der Waals surface area contributed by atoms with Crippen LogP contribution in [0.2, 0.25) is 0 Å². The molecule has 0 saturated carbocycles. The second-order valence-electron chi connectivity index (χ2n) is 4.14. The number of alkyl halides is 1. The summed E-state index contributed by atoms with van der Waals surface area (Å²) in [5, 5.41) is -0.0840. The fourth-order valence-corrected chi connectivity index (χ4v) is 3.16. The molecule has 0 spiro atoms. The second kappa shape index (κ2) is 6.18. The van der Waals surface area contributed by atoms with Crippen LogP contribution in [0.5, 0.6) is 0 Å². The Morgan fingerprint density at radius 2 is 1.78 bits per heavy atom. The van der Waals surface area contributed by atoms with Crippen molar-refractivity contribution in [3.05, 3.63) is 62.8 Å². The molecule has 0 bridgehead atoms. The van der Waals surface area contributed by atoms with Crippen molar-refractivity contribution >= 4 is 43.5 Å². The first kappa shape index (κ1) is 14.0. The molecule has 0 amide bonds. The Kier molecular flexibility index (Phi) is 4.82. The molecule has 0 aliphatic carbocycles. The van der Waals surface area contributed by atoms with Crippen molar-refractivity contribution in [2.24, 2.45) is 0 Å². The smallest absolute Gasteiger partial charge is 0.0662 e. The monoisotopic (exact) mass is 387 g/mol. The van der Waals surface area contributed by atoms with Gasteiger partial charge in [-0.1, -0.05) is 38.8 Å². The van der Waals surface area contributed by atoms with Crippen molar-refractivity contribution in [3.8, 4) is 0 Å². The summed E-state index contributed by atoms with van der Waals surface area (Å²) in [5.41, 5.74) is 2.28. The molecule has 4 heteroatoms. The number of halogens is 3. The van der Waals surface area contributed by atoms with Gasteiger partial charge in [0.25, 0.3) is 0 Å². The third-order valence-electron chi connectivity index (χ3n) is 2.93. The van der Waals surface area contributed by atoms with Crippen LogP contribution < -0.4 is 0 Å². The lowest BCUT2D eigenvalue weighted by Crippen LogP contribution is -2.03. The number of nitrogens with zero attached hydrogens (tertiary/aromatic N) is 1. The van der Waals surface area contributed by atoms with Gasteiger partial charge in [-0.05, 0) is 41.5 Å². The molecule has 0 aliphatic heterocycles. The van der Waals surface area contributed by atoms with Crippen molar-refractivity contribution in [2.45, 2.75) is 18.2 Å². The molecule has 0 N–H and O–H groups in total. The van der Waals surface area contributed by atoms with Gasteiger partial charge in [-0.25, -0.2) is 0 Å². The van der Waals surface area contributed by atoms with Crippen LogP contribution >= 0.6 is 43.5 Å². The predicted octanol–water partition coefficient (Wildman–Crippen LogP) is 5.69. The largest absolute Gasteiger partial charge is 0.265 e. The quantitative estimate of drug-likeness (QED) is 0.615. The lowest BCUT2D eigenvalue weighted by Gasteiger charge is -2.20. The first-order chi connectivity index (χ1) is 8.59. The average molecular weight is 390 g/mol. The number of hydrogen-bond acceptors (Lipinski definition) is 1. The number of hydrogen-bond donors (Lipinski definition) is 0. The molecule has 0 saturated heterocycles. The molecule has 0 fully saturated rings. The SMILES string of the molecule is CC(c1ccncc1)C(Cl)c1cc(Br)ccc1Br. The minimum Gasteiger partial charge on any atom is -0.265 e. The molecule has 1 aromatic carbocycles. The van der Waals surface area contributed by atoms with Gasteiger partial charge in [-0.3, -0.25) is 4.98 Å². The summed E-state index contributed by atoms with van der Waals surface area (Å²) in [7, 11) is 0. The third kappa shape index (κ3) is 3.14. The highest BCUT2D eigenvalue weighted by Gasteiger charge is 2.20. The lowest BCUT2D eigenvalue weighted by atomic mass is 9.94. The zero-order valence-electron chi connectivity index (χ0n) is 9.78. The van der Waals surface area contributed by atoms with Crippen LogP contribution in [0.3, 0.4) is 0 Å². The Labute approximate surface area is 129 Å². The Hall–Kier alpha value is -0.380. The van der Waals surface area contributed by atoms with Crippen molar-refractivity contribution in [1.82, 2.24) is 4.98 Å². The van der Waals surface area contributed by atoms with E-state index >= 15 is 0 Å². The van der Waals surface area contributed by atoms with Crippen molar-refractivity contribution < 1.29 is 0 Å². The van der Waals surface area contributed by atoms with E-state index in [2.05, 4.69) is 49.8 Å². The maximum atomic E-state index is 6.60. The Balaban J connectivity index is 2.31. The first-order valence-electron chi connectivity index (χ1n) is 5.58. The van der Waals surface area contributed by atoms with E-state index in [-0.39, 0.29) is 11.3 Å². The fraction of sp³-hybridized carbons (Fsp3) is 0.214. The first-order valence-corrected chi connectivity index (χ1v) is 7.61. The van der Waals surface area contributed by atoms with Gasteiger partial charge in [-0.15, -0.1) is 11.6 Å². The Morgan fingerprint density at radius 1 is 1.11 bits per heavy atom. The lowest BCUT2D eigenvalue weighted by molar-refractivity contribution is 0.727. The summed E-state index contributed by atoms with van der Waals surface area (Å²) in [6, 6.07) is 10.1. The van der Waals surface area contributed by atoms with Crippen LogP contribution in [0, 0.1) is 0 Å². The highest BCUT2D eigenvalue weighted by atomic mass is 79.9. The van der Waals surface area contributed by atoms with E-state index in [1.165, 1.54) is 5.56 Å². The third-order valence-corrected chi connectivity index (χ3v) is 4.75. The molecule has 2 unspecified atom stereocenters. The Bertz CT molecular complexity index is 531. The summed E-state index contributed by atoms with van der Waals surface area (Å²) in [5.74, 6) is 0.222. The van der Waals surface area contributed by atoms with Gasteiger partial charge in [0, 0.05) is 27.3 Å². The standard InChI is InChI=1S/C14H12Br2ClN/c1-9(10-4-6-18-7-5-10)14(17)12-8-11(15)2-3-13(12)16/h2-9,14H,1H3. The van der Waals surface area contributed by atoms with Crippen molar-refractivity contribution in [1.29, 1.82) is 0 Å². The molecule has 2 aromatic rings. The summed E-state index contributed by atoms with van der Waals surface area (Å²) < 4.78 is 2.07. The number of pyridine rings is 1. The molecule has 1 nitrogen and oxygen atoms in total. The predicted molar refractivity (Wildman–Crippen MR) is 83.1 cm³/mol. The van der Waals surface area contributed by atoms with E-state index in [9.17, 15) is 0 Å². The molecule has 18 heavy (non-hydrogen) atoms. The molecule has 0 radical (unpaired) electrons. The number of benzene rings is 1. The van der Waals surface area contributed by atoms with Crippen LogP contribution in [-0.2, 0) is 0 Å². The maximum absolute atomic E-state index is 6.60. The summed E-state index contributed by atoms with van der Waals surface area (Å²) in [6.45, 7) is 2.13. The van der Waals surface area contributed by atoms with Gasteiger partial charge in [0.05, 0.1) is 5.38 Å². The van der Waals surface area contributed by atoms with E-state index in [0.717, 1.165) is 14.5 Å². The molecule has 0 aliphatic rings. The topological polar surface area (TPSA) is 12.9 Å². The molecule has 2 atom stereocenters. The van der Waals surface area contributed by atoms with Crippen molar-refractivity contribution in [2.75, 3.05) is 0 Å². The molecule has 2 rings (SSSR count). The summed E-state index contributed by atoms with van der Waals surface area (Å²) in [4.78, 5) is 4.03. The van der Waals surface area contributed by atoms with E-state index in [1.807, 2.05) is 24.3 Å². The Morgan fingerprint density at radius 3 is 2.44 bits per heavy atom. The molecule has 1 aromatic heterocycles. The number of rotatable bonds is 3. The van der Waals surface area contributed by atoms with Crippen LogP contribution in [0.4, 0.5) is 0 Å². The minimum absolute atomic E-state index is 0.0840. The van der Waals surface area contributed by atoms with Gasteiger partial charge in [0.1, 0.15) is 0 Å². The highest BCUT2D eigenvalue weighted by molar-refractivity contribution is 9.11. The molecular weight excluding hydrogens is 377 g/mol. The van der Waals surface area contributed by atoms with Gasteiger partial charge < -0.3 is 0 Å². The van der Waals surface area contributed by atoms with Crippen LogP contribution in [0.1, 0.15) is 29.3 Å². The van der Waals surface area contributed by atoms with E-state index < -0.39 is 0 Å². The number of aromatic nitrogens is 1. The highest BCUT2D eigenvalue weighted by Crippen LogP contribution is 2.40. The van der Waals surface area contributed by atoms with Gasteiger partial charge in [-0.2, -0.15) is 0 Å². The summed E-state index contributed by atoms with van der Waals surface area (Å²) >= 11 is 13.6. The molecule has 94 valence electrons. The normalized spacial score (nSPS) is 14.2. The maximum Gasteiger partial charge on any atom is 0.0662 e. The van der Waals surface area contributed by atoms with E-state index in [1.54, 1.807) is 12.4 Å². The van der Waals surface area contributed by atoms with Crippen LogP contribution in [0.25, 0.3) is 0 Å². The zero-order chi connectivity index (χ0) is 13.1. The van der Waals surface area contributed by atoms with E-state index in [4.69, 9.17) is 11.6 Å². The zero-order valence-corrected chi connectivity index (χ0v) is 13.7. The van der Waals surface area contributed by atoms with Gasteiger partial charge in [0.2, 0.25) is 0 Å². The second-order valence-corrected chi connectivity index (χ2v) is 6.38. The fourth-order valence-electron chi connectivity index (χ4n) is 1.83. The minimum atomic E-state index is -0.0840.